The Labute approximate surface area is 208 Å². The molecule has 1 heterocycles. The summed E-state index contributed by atoms with van der Waals surface area (Å²) in [4.78, 5) is 12.8. The maximum Gasteiger partial charge on any atom is 0.267 e. The van der Waals surface area contributed by atoms with Crippen molar-refractivity contribution in [1.82, 2.24) is 0 Å². The topological polar surface area (TPSA) is 122 Å². The van der Waals surface area contributed by atoms with Crippen LogP contribution in [-0.2, 0) is 24.8 Å². The number of carbonyl (C=O) groups is 1. The van der Waals surface area contributed by atoms with Gasteiger partial charge in [0, 0.05) is 10.7 Å². The first-order valence-corrected chi connectivity index (χ1v) is 14.1. The van der Waals surface area contributed by atoms with Crippen molar-refractivity contribution in [2.75, 3.05) is 27.1 Å². The molecule has 9 nitrogen and oxygen atoms in total. The van der Waals surface area contributed by atoms with Gasteiger partial charge in [0.25, 0.3) is 15.9 Å². The van der Waals surface area contributed by atoms with Crippen molar-refractivity contribution >= 4 is 54.6 Å². The molecule has 0 unspecified atom stereocenters. The molecule has 0 radical (unpaired) electrons. The summed E-state index contributed by atoms with van der Waals surface area (Å²) in [5.74, 6) is -0.302. The van der Waals surface area contributed by atoms with Crippen molar-refractivity contribution in [3.8, 4) is 5.75 Å². The van der Waals surface area contributed by atoms with E-state index in [1.165, 1.54) is 30.3 Å². The second-order valence-corrected chi connectivity index (χ2v) is 11.9. The Morgan fingerprint density at radius 3 is 2.31 bits per heavy atom. The van der Waals surface area contributed by atoms with E-state index in [0.717, 1.165) is 16.1 Å². The molecular weight excluding hydrogens is 514 g/mol. The summed E-state index contributed by atoms with van der Waals surface area (Å²) >= 11 is 6.06. The fourth-order valence-corrected chi connectivity index (χ4v) is 5.61. The molecule has 0 saturated carbocycles. The lowest BCUT2D eigenvalue weighted by Crippen LogP contribution is -2.48. The second kappa shape index (κ2) is 9.40. The Bertz CT molecular complexity index is 1490. The number of amides is 1. The molecule has 184 valence electrons. The highest BCUT2D eigenvalue weighted by atomic mass is 35.5. The van der Waals surface area contributed by atoms with Crippen LogP contribution in [0.15, 0.2) is 71.6 Å². The summed E-state index contributed by atoms with van der Waals surface area (Å²) in [7, 11) is -7.53. The van der Waals surface area contributed by atoms with Crippen LogP contribution in [-0.4, -0.2) is 41.6 Å². The predicted molar refractivity (Wildman–Crippen MR) is 135 cm³/mol. The van der Waals surface area contributed by atoms with E-state index >= 15 is 0 Å². The lowest BCUT2D eigenvalue weighted by molar-refractivity contribution is -0.122. The van der Waals surface area contributed by atoms with Crippen LogP contribution in [0.1, 0.15) is 5.56 Å². The highest BCUT2D eigenvalue weighted by Crippen LogP contribution is 2.35. The number of anilines is 3. The molecule has 2 N–H and O–H groups in total. The Balaban J connectivity index is 1.47. The maximum absolute atomic E-state index is 12.8. The molecule has 1 aliphatic rings. The molecule has 0 aliphatic carbocycles. The summed E-state index contributed by atoms with van der Waals surface area (Å²) < 4.78 is 59.2. The van der Waals surface area contributed by atoms with Crippen molar-refractivity contribution in [2.45, 2.75) is 17.9 Å². The summed E-state index contributed by atoms with van der Waals surface area (Å²) in [6, 6.07) is 16.9. The Morgan fingerprint density at radius 2 is 1.66 bits per heavy atom. The molecule has 35 heavy (non-hydrogen) atoms. The average Bonchev–Trinajstić information content (AvgIpc) is 2.80. The van der Waals surface area contributed by atoms with Crippen molar-refractivity contribution < 1.29 is 26.4 Å². The Hall–Kier alpha value is -3.28. The fraction of sp³-hybridized carbons (Fsp3) is 0.174. The maximum atomic E-state index is 12.8. The normalized spacial score (nSPS) is 15.6. The Morgan fingerprint density at radius 1 is 1.00 bits per heavy atom. The monoisotopic (exact) mass is 535 g/mol. The molecule has 0 fully saturated rings. The number of nitrogens with zero attached hydrogens (tertiary/aromatic N) is 1. The number of aryl methyl sites for hydroxylation is 1. The molecule has 12 heteroatoms. The van der Waals surface area contributed by atoms with Gasteiger partial charge in [-0.3, -0.25) is 13.8 Å². The summed E-state index contributed by atoms with van der Waals surface area (Å²) in [5, 5.41) is 3.07. The van der Waals surface area contributed by atoms with Crippen molar-refractivity contribution in [3.05, 3.63) is 77.3 Å². The number of halogens is 1. The van der Waals surface area contributed by atoms with Gasteiger partial charge in [0.15, 0.2) is 6.10 Å². The van der Waals surface area contributed by atoms with Crippen LogP contribution >= 0.6 is 11.6 Å². The third-order valence-corrected chi connectivity index (χ3v) is 8.23. The molecule has 4 rings (SSSR count). The van der Waals surface area contributed by atoms with Gasteiger partial charge in [0.2, 0.25) is 10.0 Å². The molecule has 0 spiro atoms. The zero-order valence-corrected chi connectivity index (χ0v) is 21.1. The predicted octanol–water partition coefficient (Wildman–Crippen LogP) is 3.61. The third-order valence-electron chi connectivity index (χ3n) is 5.28. The van der Waals surface area contributed by atoms with Crippen LogP contribution in [0.4, 0.5) is 17.1 Å². The number of rotatable bonds is 6. The number of ether oxygens (including phenoxy) is 1. The third kappa shape index (κ3) is 5.53. The minimum Gasteiger partial charge on any atom is -0.476 e. The number of benzene rings is 3. The molecular formula is C23H22ClN3O6S2. The van der Waals surface area contributed by atoms with Gasteiger partial charge in [-0.25, -0.2) is 16.8 Å². The van der Waals surface area contributed by atoms with Gasteiger partial charge < -0.3 is 10.1 Å². The van der Waals surface area contributed by atoms with Crippen LogP contribution in [0.3, 0.4) is 0 Å². The molecule has 0 saturated heterocycles. The van der Waals surface area contributed by atoms with Gasteiger partial charge in [0.1, 0.15) is 5.75 Å². The number of sulfonamides is 2. The van der Waals surface area contributed by atoms with Gasteiger partial charge in [-0.2, -0.15) is 0 Å². The van der Waals surface area contributed by atoms with E-state index in [1.807, 2.05) is 6.92 Å². The molecule has 1 aliphatic heterocycles. The number of nitrogens with one attached hydrogen (secondary N) is 2. The lowest BCUT2D eigenvalue weighted by atomic mass is 10.2. The molecule has 0 aromatic heterocycles. The standard InChI is InChI=1S/C23H22ClN3O6S2/c1-15-7-8-17(13-19(15)24)26-35(31,32)18-11-9-16(10-12-18)25-23(28)22-14-27(34(2,29)30)20-5-3-4-6-21(20)33-22/h3-13,22,26H,14H2,1-2H3,(H,25,28)/t22-/m0/s1. The minimum atomic E-state index is -3.89. The number of hydrogen-bond acceptors (Lipinski definition) is 6. The van der Waals surface area contributed by atoms with Crippen molar-refractivity contribution in [1.29, 1.82) is 0 Å². The Kier molecular flexibility index (Phi) is 6.67. The van der Waals surface area contributed by atoms with Gasteiger partial charge in [-0.15, -0.1) is 0 Å². The number of hydrogen-bond donors (Lipinski definition) is 2. The molecule has 3 aromatic carbocycles. The van der Waals surface area contributed by atoms with Crippen LogP contribution in [0.5, 0.6) is 5.75 Å². The number of para-hydroxylation sites is 2. The van der Waals surface area contributed by atoms with Gasteiger partial charge in [-0.1, -0.05) is 29.8 Å². The van der Waals surface area contributed by atoms with E-state index in [4.69, 9.17) is 16.3 Å². The van der Waals surface area contributed by atoms with Gasteiger partial charge >= 0.3 is 0 Å². The lowest BCUT2D eigenvalue weighted by Gasteiger charge is -2.33. The summed E-state index contributed by atoms with van der Waals surface area (Å²) in [5.41, 5.74) is 1.82. The fourth-order valence-electron chi connectivity index (χ4n) is 3.46. The largest absolute Gasteiger partial charge is 0.476 e. The van der Waals surface area contributed by atoms with E-state index in [1.54, 1.807) is 36.4 Å². The SMILES string of the molecule is Cc1ccc(NS(=O)(=O)c2ccc(NC(=O)[C@@H]3CN(S(C)(=O)=O)c4ccccc4O3)cc2)cc1Cl. The van der Waals surface area contributed by atoms with Crippen molar-refractivity contribution in [3.63, 3.8) is 0 Å². The van der Waals surface area contributed by atoms with E-state index in [2.05, 4.69) is 10.0 Å². The van der Waals surface area contributed by atoms with E-state index in [0.29, 0.717) is 22.1 Å². The highest BCUT2D eigenvalue weighted by Gasteiger charge is 2.34. The molecule has 1 amide bonds. The molecule has 3 aromatic rings. The zero-order chi connectivity index (χ0) is 25.4. The molecule has 0 bridgehead atoms. The smallest absolute Gasteiger partial charge is 0.267 e. The van der Waals surface area contributed by atoms with Gasteiger partial charge in [-0.05, 0) is 61.0 Å². The zero-order valence-electron chi connectivity index (χ0n) is 18.7. The number of fused-ring (bicyclic) bond motifs is 1. The minimum absolute atomic E-state index is 0.0155. The van der Waals surface area contributed by atoms with Crippen LogP contribution in [0.2, 0.25) is 5.02 Å². The highest BCUT2D eigenvalue weighted by molar-refractivity contribution is 7.92. The van der Waals surface area contributed by atoms with E-state index < -0.39 is 32.1 Å². The summed E-state index contributed by atoms with van der Waals surface area (Å²) in [6.45, 7) is 1.61. The van der Waals surface area contributed by atoms with E-state index in [9.17, 15) is 21.6 Å². The van der Waals surface area contributed by atoms with E-state index in [-0.39, 0.29) is 17.2 Å². The molecule has 1 atom stereocenters. The quantitative estimate of drug-likeness (QED) is 0.497. The number of carbonyl (C=O) groups excluding carboxylic acids is 1. The van der Waals surface area contributed by atoms with Crippen LogP contribution < -0.4 is 19.1 Å². The van der Waals surface area contributed by atoms with Gasteiger partial charge in [0.05, 0.1) is 29.1 Å². The first-order chi connectivity index (χ1) is 16.4. The first kappa shape index (κ1) is 24.8. The average molecular weight is 536 g/mol. The summed E-state index contributed by atoms with van der Waals surface area (Å²) in [6.07, 6.45) is -0.0436. The van der Waals surface area contributed by atoms with Crippen molar-refractivity contribution in [2.24, 2.45) is 0 Å². The van der Waals surface area contributed by atoms with Crippen LogP contribution in [0.25, 0.3) is 0 Å². The van der Waals surface area contributed by atoms with Crippen LogP contribution in [0, 0.1) is 6.92 Å². The second-order valence-electron chi connectivity index (χ2n) is 7.95. The first-order valence-electron chi connectivity index (χ1n) is 10.4.